The van der Waals surface area contributed by atoms with Crippen LogP contribution in [0.3, 0.4) is 0 Å². The van der Waals surface area contributed by atoms with E-state index in [4.69, 9.17) is 4.98 Å². The van der Waals surface area contributed by atoms with Crippen molar-refractivity contribution in [2.75, 3.05) is 4.90 Å². The molecule has 3 heterocycles. The number of pyridine rings is 1. The highest BCUT2D eigenvalue weighted by Crippen LogP contribution is 2.31. The van der Waals surface area contributed by atoms with Crippen LogP contribution >= 0.6 is 11.3 Å². The van der Waals surface area contributed by atoms with Crippen LogP contribution in [-0.4, -0.2) is 25.8 Å². The van der Waals surface area contributed by atoms with Gasteiger partial charge in [-0.25, -0.2) is 4.98 Å². The molecule has 0 aliphatic heterocycles. The maximum absolute atomic E-state index is 13.5. The Kier molecular flexibility index (Phi) is 4.42. The molecule has 0 saturated carbocycles. The van der Waals surface area contributed by atoms with Gasteiger partial charge < -0.3 is 0 Å². The summed E-state index contributed by atoms with van der Waals surface area (Å²) in [4.78, 5) is 32.6. The van der Waals surface area contributed by atoms with Gasteiger partial charge in [0.15, 0.2) is 5.13 Å². The number of para-hydroxylation sites is 1. The molecule has 0 atom stereocenters. The van der Waals surface area contributed by atoms with Crippen LogP contribution in [0.5, 0.6) is 0 Å². The zero-order valence-electron chi connectivity index (χ0n) is 15.3. The maximum atomic E-state index is 13.5. The Balaban J connectivity index is 1.58. The molecule has 0 unspecified atom stereocenters. The first kappa shape index (κ1) is 17.4. The van der Waals surface area contributed by atoms with Gasteiger partial charge in [0.05, 0.1) is 27.8 Å². The summed E-state index contributed by atoms with van der Waals surface area (Å²) >= 11 is 1.50. The number of hydrogen-bond acceptors (Lipinski definition) is 6. The minimum absolute atomic E-state index is 0.138. The number of carbonyl (C=O) groups is 1. The second-order valence-electron chi connectivity index (χ2n) is 6.48. The summed E-state index contributed by atoms with van der Waals surface area (Å²) in [5.41, 5.74) is 3.79. The van der Waals surface area contributed by atoms with Gasteiger partial charge in [0.25, 0.3) is 5.91 Å². The molecule has 7 heteroatoms. The van der Waals surface area contributed by atoms with E-state index in [0.29, 0.717) is 22.8 Å². The van der Waals surface area contributed by atoms with Crippen molar-refractivity contribution in [3.63, 3.8) is 0 Å². The number of benzene rings is 2. The molecule has 5 rings (SSSR count). The van der Waals surface area contributed by atoms with Crippen LogP contribution < -0.4 is 4.90 Å². The van der Waals surface area contributed by atoms with Gasteiger partial charge in [-0.15, -0.1) is 0 Å². The third kappa shape index (κ3) is 3.43. The summed E-state index contributed by atoms with van der Waals surface area (Å²) in [5, 5.41) is 0.652. The van der Waals surface area contributed by atoms with Crippen LogP contribution in [-0.2, 0) is 6.54 Å². The van der Waals surface area contributed by atoms with Gasteiger partial charge in [-0.1, -0.05) is 29.5 Å². The van der Waals surface area contributed by atoms with Crippen LogP contribution in [0.4, 0.5) is 5.13 Å². The van der Waals surface area contributed by atoms with Crippen molar-refractivity contribution >= 4 is 43.6 Å². The summed E-state index contributed by atoms with van der Waals surface area (Å²) in [6, 6.07) is 17.1. The Morgan fingerprint density at radius 3 is 2.59 bits per heavy atom. The van der Waals surface area contributed by atoms with E-state index in [1.54, 1.807) is 41.8 Å². The van der Waals surface area contributed by atoms with Crippen LogP contribution in [0.25, 0.3) is 21.3 Å². The molecule has 0 aliphatic carbocycles. The number of aromatic nitrogens is 4. The van der Waals surface area contributed by atoms with Crippen molar-refractivity contribution in [2.45, 2.75) is 6.54 Å². The largest absolute Gasteiger partial charge is 0.279 e. The lowest BCUT2D eigenvalue weighted by Crippen LogP contribution is -2.30. The second-order valence-corrected chi connectivity index (χ2v) is 7.49. The fourth-order valence-electron chi connectivity index (χ4n) is 3.13. The zero-order chi connectivity index (χ0) is 19.6. The van der Waals surface area contributed by atoms with Crippen LogP contribution in [0.1, 0.15) is 15.9 Å². The molecule has 0 radical (unpaired) electrons. The number of thiazole rings is 1. The van der Waals surface area contributed by atoms with E-state index in [9.17, 15) is 4.79 Å². The average molecular weight is 397 g/mol. The van der Waals surface area contributed by atoms with Gasteiger partial charge in [-0.05, 0) is 42.0 Å². The van der Waals surface area contributed by atoms with E-state index in [1.807, 2.05) is 42.5 Å². The Labute approximate surface area is 170 Å². The topological polar surface area (TPSA) is 71.9 Å². The molecule has 6 nitrogen and oxygen atoms in total. The zero-order valence-corrected chi connectivity index (χ0v) is 16.1. The lowest BCUT2D eigenvalue weighted by Gasteiger charge is -2.20. The third-order valence-corrected chi connectivity index (χ3v) is 5.60. The standard InChI is InChI=1S/C22H15N5OS/c28-21(16-7-8-17-19(12-16)25-11-10-24-17)27(14-15-4-3-9-23-13-15)22-26-18-5-1-2-6-20(18)29-22/h1-13H,14H2. The molecule has 0 bridgehead atoms. The first-order valence-electron chi connectivity index (χ1n) is 9.05. The smallest absolute Gasteiger partial charge is 0.260 e. The van der Waals surface area contributed by atoms with Crippen LogP contribution in [0.15, 0.2) is 79.4 Å². The molecule has 0 aliphatic rings. The van der Waals surface area contributed by atoms with E-state index in [1.165, 1.54) is 11.3 Å². The van der Waals surface area contributed by atoms with Crippen LogP contribution in [0, 0.1) is 0 Å². The molecule has 0 saturated heterocycles. The minimum Gasteiger partial charge on any atom is -0.279 e. The van der Waals surface area contributed by atoms with Gasteiger partial charge in [-0.3, -0.25) is 24.6 Å². The first-order chi connectivity index (χ1) is 14.3. The molecule has 0 fully saturated rings. The summed E-state index contributed by atoms with van der Waals surface area (Å²) in [6.07, 6.45) is 6.74. The van der Waals surface area contributed by atoms with Crippen molar-refractivity contribution in [2.24, 2.45) is 0 Å². The van der Waals surface area contributed by atoms with Gasteiger partial charge in [0, 0.05) is 30.4 Å². The number of fused-ring (bicyclic) bond motifs is 2. The lowest BCUT2D eigenvalue weighted by molar-refractivity contribution is 0.0985. The summed E-state index contributed by atoms with van der Waals surface area (Å²) in [6.45, 7) is 0.380. The first-order valence-corrected chi connectivity index (χ1v) is 9.87. The monoisotopic (exact) mass is 397 g/mol. The third-order valence-electron chi connectivity index (χ3n) is 4.54. The van der Waals surface area contributed by atoms with E-state index < -0.39 is 0 Å². The lowest BCUT2D eigenvalue weighted by atomic mass is 10.1. The highest BCUT2D eigenvalue weighted by molar-refractivity contribution is 7.22. The van der Waals surface area contributed by atoms with Crippen molar-refractivity contribution in [3.05, 3.63) is 90.5 Å². The molecule has 5 aromatic rings. The van der Waals surface area contributed by atoms with Crippen molar-refractivity contribution in [3.8, 4) is 0 Å². The average Bonchev–Trinajstić information content (AvgIpc) is 3.21. The van der Waals surface area contributed by atoms with Crippen molar-refractivity contribution in [1.82, 2.24) is 19.9 Å². The van der Waals surface area contributed by atoms with E-state index >= 15 is 0 Å². The highest BCUT2D eigenvalue weighted by Gasteiger charge is 2.22. The van der Waals surface area contributed by atoms with Crippen molar-refractivity contribution in [1.29, 1.82) is 0 Å². The Morgan fingerprint density at radius 1 is 0.897 bits per heavy atom. The molecule has 2 aromatic carbocycles. The SMILES string of the molecule is O=C(c1ccc2nccnc2c1)N(Cc1cccnc1)c1nc2ccccc2s1. The number of hydrogen-bond donors (Lipinski definition) is 0. The van der Waals surface area contributed by atoms with Gasteiger partial charge in [0.1, 0.15) is 0 Å². The normalized spacial score (nSPS) is 11.0. The summed E-state index contributed by atoms with van der Waals surface area (Å²) in [5.74, 6) is -0.138. The molecule has 3 aromatic heterocycles. The summed E-state index contributed by atoms with van der Waals surface area (Å²) < 4.78 is 1.04. The molecule has 140 valence electrons. The number of nitrogens with zero attached hydrogens (tertiary/aromatic N) is 5. The number of carbonyl (C=O) groups excluding carboxylic acids is 1. The highest BCUT2D eigenvalue weighted by atomic mass is 32.1. The summed E-state index contributed by atoms with van der Waals surface area (Å²) in [7, 11) is 0. The Bertz CT molecular complexity index is 1290. The molecule has 29 heavy (non-hydrogen) atoms. The molecule has 1 amide bonds. The number of anilines is 1. The Morgan fingerprint density at radius 2 is 1.76 bits per heavy atom. The predicted molar refractivity (Wildman–Crippen MR) is 114 cm³/mol. The molecular weight excluding hydrogens is 382 g/mol. The quantitative estimate of drug-likeness (QED) is 0.447. The predicted octanol–water partition coefficient (Wildman–Crippen LogP) is 4.48. The molecular formula is C22H15N5OS. The fraction of sp³-hybridized carbons (Fsp3) is 0.0455. The maximum Gasteiger partial charge on any atom is 0.260 e. The van der Waals surface area contributed by atoms with Gasteiger partial charge in [-0.2, -0.15) is 0 Å². The Hall–Kier alpha value is -3.71. The van der Waals surface area contributed by atoms with Gasteiger partial charge >= 0.3 is 0 Å². The molecule has 0 spiro atoms. The fourth-order valence-corrected chi connectivity index (χ4v) is 4.09. The number of amides is 1. The van der Waals surface area contributed by atoms with E-state index in [-0.39, 0.29) is 5.91 Å². The minimum atomic E-state index is -0.138. The number of rotatable bonds is 4. The second kappa shape index (κ2) is 7.37. The van der Waals surface area contributed by atoms with E-state index in [2.05, 4.69) is 15.0 Å². The van der Waals surface area contributed by atoms with Crippen LogP contribution in [0.2, 0.25) is 0 Å². The van der Waals surface area contributed by atoms with E-state index in [0.717, 1.165) is 21.3 Å². The van der Waals surface area contributed by atoms with Crippen molar-refractivity contribution < 1.29 is 4.79 Å². The molecule has 0 N–H and O–H groups in total. The van der Waals surface area contributed by atoms with Gasteiger partial charge in [0.2, 0.25) is 0 Å².